The lowest BCUT2D eigenvalue weighted by Crippen LogP contribution is -2.33. The van der Waals surface area contributed by atoms with E-state index in [9.17, 15) is 25.0 Å². The number of piperidine rings is 1. The van der Waals surface area contributed by atoms with E-state index in [0.29, 0.717) is 5.56 Å². The average Bonchev–Trinajstić information content (AvgIpc) is 2.55. The van der Waals surface area contributed by atoms with Crippen LogP contribution in [0.5, 0.6) is 0 Å². The molecule has 0 bridgehead atoms. The van der Waals surface area contributed by atoms with Crippen molar-refractivity contribution in [2.75, 3.05) is 19.7 Å². The zero-order valence-corrected chi connectivity index (χ0v) is 12.4. The van der Waals surface area contributed by atoms with E-state index in [4.69, 9.17) is 4.74 Å². The Bertz CT molecular complexity index is 580. The van der Waals surface area contributed by atoms with Crippen molar-refractivity contribution in [1.29, 1.82) is 0 Å². The van der Waals surface area contributed by atoms with Crippen LogP contribution >= 0.6 is 0 Å². The van der Waals surface area contributed by atoms with Crippen LogP contribution in [0.15, 0.2) is 18.2 Å². The Kier molecular flexibility index (Phi) is 5.58. The second kappa shape index (κ2) is 7.63. The van der Waals surface area contributed by atoms with Crippen LogP contribution in [-0.4, -0.2) is 35.5 Å². The fourth-order valence-corrected chi connectivity index (χ4v) is 2.46. The van der Waals surface area contributed by atoms with Gasteiger partial charge in [-0.3, -0.25) is 25.0 Å². The number of nitro benzene ring substituents is 2. The molecule has 9 nitrogen and oxygen atoms in total. The Hall–Kier alpha value is -2.55. The SMILES string of the molecule is O=C(OCCc1cc([N+](=O)[O-])cc([N+](=O)[O-])c1)C1CCNCC1. The maximum Gasteiger partial charge on any atom is 0.309 e. The Labute approximate surface area is 131 Å². The van der Waals surface area contributed by atoms with Crippen LogP contribution in [0.1, 0.15) is 18.4 Å². The lowest BCUT2D eigenvalue weighted by Gasteiger charge is -2.20. The largest absolute Gasteiger partial charge is 0.465 e. The van der Waals surface area contributed by atoms with E-state index in [0.717, 1.165) is 32.0 Å². The van der Waals surface area contributed by atoms with Crippen LogP contribution in [0.3, 0.4) is 0 Å². The van der Waals surface area contributed by atoms with Crippen molar-refractivity contribution in [2.45, 2.75) is 19.3 Å². The Morgan fingerprint density at radius 1 is 1.13 bits per heavy atom. The summed E-state index contributed by atoms with van der Waals surface area (Å²) in [6, 6.07) is 3.42. The highest BCUT2D eigenvalue weighted by Crippen LogP contribution is 2.23. The third kappa shape index (κ3) is 4.71. The van der Waals surface area contributed by atoms with E-state index in [1.54, 1.807) is 0 Å². The first-order valence-electron chi connectivity index (χ1n) is 7.27. The van der Waals surface area contributed by atoms with Crippen LogP contribution in [-0.2, 0) is 16.0 Å². The number of non-ortho nitro benzene ring substituents is 2. The van der Waals surface area contributed by atoms with E-state index >= 15 is 0 Å². The van der Waals surface area contributed by atoms with Crippen LogP contribution in [0, 0.1) is 26.1 Å². The summed E-state index contributed by atoms with van der Waals surface area (Å²) >= 11 is 0. The molecule has 23 heavy (non-hydrogen) atoms. The predicted molar refractivity (Wildman–Crippen MR) is 80.0 cm³/mol. The molecular formula is C14H17N3O6. The number of ether oxygens (including phenoxy) is 1. The Morgan fingerprint density at radius 3 is 2.22 bits per heavy atom. The molecule has 0 atom stereocenters. The number of nitrogens with zero attached hydrogens (tertiary/aromatic N) is 2. The van der Waals surface area contributed by atoms with Crippen LogP contribution in [0.25, 0.3) is 0 Å². The first-order chi connectivity index (χ1) is 11.0. The van der Waals surface area contributed by atoms with Crippen molar-refractivity contribution in [1.82, 2.24) is 5.32 Å². The molecule has 1 aliphatic rings. The van der Waals surface area contributed by atoms with Gasteiger partial charge in [-0.1, -0.05) is 0 Å². The van der Waals surface area contributed by atoms with Crippen molar-refractivity contribution >= 4 is 17.3 Å². The van der Waals surface area contributed by atoms with Gasteiger partial charge in [-0.2, -0.15) is 0 Å². The maximum atomic E-state index is 11.9. The van der Waals surface area contributed by atoms with Crippen molar-refractivity contribution < 1.29 is 19.4 Å². The quantitative estimate of drug-likeness (QED) is 0.478. The minimum Gasteiger partial charge on any atom is -0.465 e. The number of carbonyl (C=O) groups is 1. The number of rotatable bonds is 6. The molecule has 1 aromatic carbocycles. The van der Waals surface area contributed by atoms with Gasteiger partial charge in [0.25, 0.3) is 11.4 Å². The van der Waals surface area contributed by atoms with E-state index in [2.05, 4.69) is 5.32 Å². The van der Waals surface area contributed by atoms with Crippen molar-refractivity contribution in [3.05, 3.63) is 44.0 Å². The van der Waals surface area contributed by atoms with Gasteiger partial charge in [0.1, 0.15) is 0 Å². The van der Waals surface area contributed by atoms with Crippen LogP contribution in [0.4, 0.5) is 11.4 Å². The monoisotopic (exact) mass is 323 g/mol. The predicted octanol–water partition coefficient (Wildman–Crippen LogP) is 1.59. The molecule has 0 aromatic heterocycles. The molecule has 0 radical (unpaired) electrons. The molecule has 0 unspecified atom stereocenters. The fraction of sp³-hybridized carbons (Fsp3) is 0.500. The van der Waals surface area contributed by atoms with E-state index in [1.807, 2.05) is 0 Å². The zero-order valence-electron chi connectivity index (χ0n) is 12.4. The van der Waals surface area contributed by atoms with Crippen molar-refractivity contribution in [2.24, 2.45) is 5.92 Å². The molecule has 0 aliphatic carbocycles. The number of nitro groups is 2. The first-order valence-corrected chi connectivity index (χ1v) is 7.27. The summed E-state index contributed by atoms with van der Waals surface area (Å²) in [6.45, 7) is 1.59. The van der Waals surface area contributed by atoms with Gasteiger partial charge in [-0.25, -0.2) is 0 Å². The second-order valence-corrected chi connectivity index (χ2v) is 5.31. The molecule has 124 valence electrons. The molecule has 0 spiro atoms. The third-order valence-electron chi connectivity index (χ3n) is 3.69. The summed E-state index contributed by atoms with van der Waals surface area (Å²) in [4.78, 5) is 32.1. The third-order valence-corrected chi connectivity index (χ3v) is 3.69. The maximum absolute atomic E-state index is 11.9. The lowest BCUT2D eigenvalue weighted by atomic mass is 9.98. The molecule has 9 heteroatoms. The van der Waals surface area contributed by atoms with Crippen LogP contribution < -0.4 is 5.32 Å². The molecule has 2 rings (SSSR count). The van der Waals surface area contributed by atoms with Gasteiger partial charge < -0.3 is 10.1 Å². The standard InChI is InChI=1S/C14H17N3O6/c18-14(11-1-4-15-5-2-11)23-6-3-10-7-12(16(19)20)9-13(8-10)17(21)22/h7-9,11,15H,1-6H2. The number of benzene rings is 1. The van der Waals surface area contributed by atoms with E-state index in [1.165, 1.54) is 12.1 Å². The van der Waals surface area contributed by atoms with Gasteiger partial charge in [-0.15, -0.1) is 0 Å². The summed E-state index contributed by atoms with van der Waals surface area (Å²) in [5, 5.41) is 24.8. The highest BCUT2D eigenvalue weighted by Gasteiger charge is 2.22. The number of hydrogen-bond acceptors (Lipinski definition) is 7. The van der Waals surface area contributed by atoms with Gasteiger partial charge >= 0.3 is 5.97 Å². The minimum absolute atomic E-state index is 0.0427. The molecule has 0 saturated carbocycles. The second-order valence-electron chi connectivity index (χ2n) is 5.31. The van der Waals surface area contributed by atoms with Gasteiger partial charge in [0.15, 0.2) is 0 Å². The fourth-order valence-electron chi connectivity index (χ4n) is 2.46. The highest BCUT2D eigenvalue weighted by atomic mass is 16.6. The smallest absolute Gasteiger partial charge is 0.309 e. The van der Waals surface area contributed by atoms with Gasteiger partial charge in [0, 0.05) is 18.6 Å². The highest BCUT2D eigenvalue weighted by molar-refractivity contribution is 5.72. The molecule has 1 saturated heterocycles. The first kappa shape index (κ1) is 16.8. The number of hydrogen-bond donors (Lipinski definition) is 1. The van der Waals surface area contributed by atoms with Gasteiger partial charge in [0.05, 0.1) is 28.4 Å². The number of nitrogens with one attached hydrogen (secondary N) is 1. The molecule has 0 amide bonds. The van der Waals surface area contributed by atoms with Crippen molar-refractivity contribution in [3.63, 3.8) is 0 Å². The summed E-state index contributed by atoms with van der Waals surface area (Å²) in [5.74, 6) is -0.415. The number of esters is 1. The van der Waals surface area contributed by atoms with Crippen LogP contribution in [0.2, 0.25) is 0 Å². The summed E-state index contributed by atoms with van der Waals surface area (Å²) in [5.41, 5.74) is -0.304. The zero-order chi connectivity index (χ0) is 16.8. The Morgan fingerprint density at radius 2 is 1.70 bits per heavy atom. The van der Waals surface area contributed by atoms with Gasteiger partial charge in [0.2, 0.25) is 0 Å². The Balaban J connectivity index is 1.95. The molecular weight excluding hydrogens is 306 g/mol. The molecule has 1 aromatic rings. The molecule has 1 fully saturated rings. The van der Waals surface area contributed by atoms with Gasteiger partial charge in [-0.05, 0) is 31.5 Å². The topological polar surface area (TPSA) is 125 Å². The normalized spacial score (nSPS) is 15.1. The van der Waals surface area contributed by atoms with E-state index in [-0.39, 0.29) is 36.3 Å². The average molecular weight is 323 g/mol. The summed E-state index contributed by atoms with van der Waals surface area (Å²) < 4.78 is 5.18. The molecule has 1 N–H and O–H groups in total. The molecule has 1 heterocycles. The van der Waals surface area contributed by atoms with E-state index < -0.39 is 9.85 Å². The molecule has 1 aliphatic heterocycles. The lowest BCUT2D eigenvalue weighted by molar-refractivity contribution is -0.394. The van der Waals surface area contributed by atoms with Crippen molar-refractivity contribution in [3.8, 4) is 0 Å². The minimum atomic E-state index is -0.683. The number of carbonyl (C=O) groups excluding carboxylic acids is 1. The summed E-state index contributed by atoms with van der Waals surface area (Å²) in [7, 11) is 0. The summed E-state index contributed by atoms with van der Waals surface area (Å²) in [6.07, 6.45) is 1.64.